The monoisotopic (exact) mass is 436 g/mol. The highest BCUT2D eigenvalue weighted by Crippen LogP contribution is 2.24. The second-order valence-electron chi connectivity index (χ2n) is 8.08. The van der Waals surface area contributed by atoms with Crippen LogP contribution in [0.3, 0.4) is 0 Å². The SMILES string of the molecule is CN=C(NCc1c(C)nn(Cc2ccccc2)c1C)NC1CCN(c2cccs2)CC1. The van der Waals surface area contributed by atoms with Crippen molar-refractivity contribution in [3.63, 3.8) is 0 Å². The summed E-state index contributed by atoms with van der Waals surface area (Å²) < 4.78 is 2.10. The van der Waals surface area contributed by atoms with Gasteiger partial charge in [-0.2, -0.15) is 5.10 Å². The fourth-order valence-corrected chi connectivity index (χ4v) is 4.94. The number of aliphatic imine (C=N–C) groups is 1. The molecule has 0 bridgehead atoms. The van der Waals surface area contributed by atoms with Gasteiger partial charge >= 0.3 is 0 Å². The molecule has 2 aromatic heterocycles. The molecule has 2 N–H and O–H groups in total. The van der Waals surface area contributed by atoms with Crippen LogP contribution < -0.4 is 15.5 Å². The van der Waals surface area contributed by atoms with Crippen molar-refractivity contribution < 1.29 is 0 Å². The van der Waals surface area contributed by atoms with E-state index in [0.717, 1.165) is 50.7 Å². The summed E-state index contributed by atoms with van der Waals surface area (Å²) in [6, 6.07) is 15.3. The Morgan fingerprint density at radius 1 is 1.13 bits per heavy atom. The van der Waals surface area contributed by atoms with Crippen LogP contribution in [-0.2, 0) is 13.1 Å². The number of hydrogen-bond acceptors (Lipinski definition) is 4. The smallest absolute Gasteiger partial charge is 0.191 e. The lowest BCUT2D eigenvalue weighted by Gasteiger charge is -2.33. The van der Waals surface area contributed by atoms with Crippen LogP contribution in [0, 0.1) is 13.8 Å². The summed E-state index contributed by atoms with van der Waals surface area (Å²) >= 11 is 1.82. The molecule has 0 saturated carbocycles. The van der Waals surface area contributed by atoms with Crippen molar-refractivity contribution in [2.75, 3.05) is 25.0 Å². The van der Waals surface area contributed by atoms with Gasteiger partial charge in [0.2, 0.25) is 0 Å². The van der Waals surface area contributed by atoms with Gasteiger partial charge in [-0.05, 0) is 49.8 Å². The highest BCUT2D eigenvalue weighted by atomic mass is 32.1. The van der Waals surface area contributed by atoms with Crippen molar-refractivity contribution in [3.05, 3.63) is 70.4 Å². The van der Waals surface area contributed by atoms with Gasteiger partial charge in [0.25, 0.3) is 0 Å². The largest absolute Gasteiger partial charge is 0.363 e. The van der Waals surface area contributed by atoms with E-state index >= 15 is 0 Å². The summed E-state index contributed by atoms with van der Waals surface area (Å²) in [5.74, 6) is 0.865. The standard InChI is InChI=1S/C24H32N6S/c1-18-22(19(2)30(28-18)17-20-8-5-4-6-9-20)16-26-24(25-3)27-21-11-13-29(14-12-21)23-10-7-15-31-23/h4-10,15,21H,11-14,16-17H2,1-3H3,(H2,25,26,27). The molecule has 164 valence electrons. The number of benzene rings is 1. The van der Waals surface area contributed by atoms with Crippen LogP contribution in [0.1, 0.15) is 35.4 Å². The Bertz CT molecular complexity index is 985. The normalized spacial score (nSPS) is 15.3. The molecule has 7 heteroatoms. The maximum atomic E-state index is 4.77. The number of nitrogens with one attached hydrogen (secondary N) is 2. The molecule has 0 amide bonds. The summed E-state index contributed by atoms with van der Waals surface area (Å²) in [7, 11) is 1.84. The van der Waals surface area contributed by atoms with Crippen molar-refractivity contribution in [2.45, 2.75) is 45.8 Å². The molecule has 3 heterocycles. The van der Waals surface area contributed by atoms with Crippen LogP contribution in [0.5, 0.6) is 0 Å². The summed E-state index contributed by atoms with van der Waals surface area (Å²) in [6.07, 6.45) is 2.23. The zero-order valence-corrected chi connectivity index (χ0v) is 19.5. The van der Waals surface area contributed by atoms with Gasteiger partial charge < -0.3 is 15.5 Å². The van der Waals surface area contributed by atoms with Gasteiger partial charge in [0.05, 0.1) is 17.2 Å². The minimum atomic E-state index is 0.449. The minimum absolute atomic E-state index is 0.449. The predicted molar refractivity (Wildman–Crippen MR) is 130 cm³/mol. The van der Waals surface area contributed by atoms with Crippen LogP contribution >= 0.6 is 11.3 Å². The minimum Gasteiger partial charge on any atom is -0.363 e. The van der Waals surface area contributed by atoms with Gasteiger partial charge in [0.15, 0.2) is 5.96 Å². The molecule has 0 unspecified atom stereocenters. The van der Waals surface area contributed by atoms with Crippen molar-refractivity contribution in [2.24, 2.45) is 4.99 Å². The Balaban J connectivity index is 1.31. The molecule has 0 atom stereocenters. The van der Waals surface area contributed by atoms with E-state index in [4.69, 9.17) is 5.10 Å². The van der Waals surface area contributed by atoms with Crippen LogP contribution in [-0.4, -0.2) is 41.9 Å². The summed E-state index contributed by atoms with van der Waals surface area (Å²) in [4.78, 5) is 6.93. The van der Waals surface area contributed by atoms with Gasteiger partial charge in [-0.25, -0.2) is 0 Å². The Kier molecular flexibility index (Phi) is 6.92. The number of piperidine rings is 1. The lowest BCUT2D eigenvalue weighted by molar-refractivity contribution is 0.462. The van der Waals surface area contributed by atoms with E-state index in [9.17, 15) is 0 Å². The Morgan fingerprint density at radius 2 is 1.90 bits per heavy atom. The molecule has 6 nitrogen and oxygen atoms in total. The number of aromatic nitrogens is 2. The fourth-order valence-electron chi connectivity index (χ4n) is 4.15. The third kappa shape index (κ3) is 5.28. The average Bonchev–Trinajstić information content (AvgIpc) is 3.42. The van der Waals surface area contributed by atoms with Gasteiger partial charge in [0.1, 0.15) is 0 Å². The molecule has 3 aromatic rings. The van der Waals surface area contributed by atoms with E-state index in [0.29, 0.717) is 6.04 Å². The van der Waals surface area contributed by atoms with Gasteiger partial charge in [-0.15, -0.1) is 11.3 Å². The number of aryl methyl sites for hydroxylation is 1. The fraction of sp³-hybridized carbons (Fsp3) is 0.417. The van der Waals surface area contributed by atoms with Crippen LogP contribution in [0.15, 0.2) is 52.8 Å². The molecular formula is C24H32N6S. The molecule has 0 spiro atoms. The van der Waals surface area contributed by atoms with Crippen LogP contribution in [0.2, 0.25) is 0 Å². The van der Waals surface area contributed by atoms with E-state index in [2.05, 4.69) is 80.8 Å². The summed E-state index contributed by atoms with van der Waals surface area (Å²) in [6.45, 7) is 7.92. The van der Waals surface area contributed by atoms with Gasteiger partial charge in [0, 0.05) is 44.0 Å². The quantitative estimate of drug-likeness (QED) is 0.454. The number of guanidine groups is 1. The Morgan fingerprint density at radius 3 is 2.58 bits per heavy atom. The maximum Gasteiger partial charge on any atom is 0.191 e. The molecule has 1 fully saturated rings. The number of nitrogens with zero attached hydrogens (tertiary/aromatic N) is 4. The number of anilines is 1. The number of hydrogen-bond donors (Lipinski definition) is 2. The molecule has 1 aliphatic rings. The number of thiophene rings is 1. The summed E-state index contributed by atoms with van der Waals surface area (Å²) in [5.41, 5.74) is 4.78. The highest BCUT2D eigenvalue weighted by Gasteiger charge is 2.21. The first-order valence-electron chi connectivity index (χ1n) is 11.0. The first kappa shape index (κ1) is 21.4. The summed E-state index contributed by atoms with van der Waals surface area (Å²) in [5, 5.41) is 15.4. The Labute approximate surface area is 189 Å². The topological polar surface area (TPSA) is 57.5 Å². The second-order valence-corrected chi connectivity index (χ2v) is 9.00. The van der Waals surface area contributed by atoms with Gasteiger partial charge in [-0.1, -0.05) is 30.3 Å². The van der Waals surface area contributed by atoms with Crippen LogP contribution in [0.4, 0.5) is 5.00 Å². The third-order valence-electron chi connectivity index (χ3n) is 6.02. The van der Waals surface area contributed by atoms with E-state index in [1.807, 2.05) is 24.5 Å². The molecule has 4 rings (SSSR count). The van der Waals surface area contributed by atoms with Crippen molar-refractivity contribution in [3.8, 4) is 0 Å². The van der Waals surface area contributed by atoms with Crippen LogP contribution in [0.25, 0.3) is 0 Å². The third-order valence-corrected chi connectivity index (χ3v) is 6.95. The zero-order chi connectivity index (χ0) is 21.6. The number of rotatable bonds is 6. The van der Waals surface area contributed by atoms with E-state index in [-0.39, 0.29) is 0 Å². The first-order chi connectivity index (χ1) is 15.1. The van der Waals surface area contributed by atoms with Crippen molar-refractivity contribution >= 4 is 22.3 Å². The molecule has 1 aromatic carbocycles. The van der Waals surface area contributed by atoms with Gasteiger partial charge in [-0.3, -0.25) is 9.67 Å². The van der Waals surface area contributed by atoms with E-state index < -0.39 is 0 Å². The van der Waals surface area contributed by atoms with Crippen molar-refractivity contribution in [1.82, 2.24) is 20.4 Å². The molecule has 1 aliphatic heterocycles. The van der Waals surface area contributed by atoms with Crippen molar-refractivity contribution in [1.29, 1.82) is 0 Å². The molecule has 1 saturated heterocycles. The molecule has 31 heavy (non-hydrogen) atoms. The first-order valence-corrected chi connectivity index (χ1v) is 11.8. The Hall–Kier alpha value is -2.80. The molecule has 0 radical (unpaired) electrons. The predicted octanol–water partition coefficient (Wildman–Crippen LogP) is 3.94. The molecular weight excluding hydrogens is 404 g/mol. The van der Waals surface area contributed by atoms with E-state index in [1.165, 1.54) is 21.8 Å². The lowest BCUT2D eigenvalue weighted by atomic mass is 10.1. The maximum absolute atomic E-state index is 4.77. The second kappa shape index (κ2) is 10.0. The zero-order valence-electron chi connectivity index (χ0n) is 18.6. The molecule has 0 aliphatic carbocycles. The lowest BCUT2D eigenvalue weighted by Crippen LogP contribution is -2.48. The highest BCUT2D eigenvalue weighted by molar-refractivity contribution is 7.14. The van der Waals surface area contributed by atoms with E-state index in [1.54, 1.807) is 0 Å². The average molecular weight is 437 g/mol.